The van der Waals surface area contributed by atoms with Gasteiger partial charge in [-0.3, -0.25) is 9.71 Å². The first-order valence-corrected chi connectivity index (χ1v) is 9.11. The van der Waals surface area contributed by atoms with Gasteiger partial charge in [-0.15, -0.1) is 11.3 Å². The molecule has 2 aromatic heterocycles. The zero-order valence-electron chi connectivity index (χ0n) is 12.1. The van der Waals surface area contributed by atoms with E-state index in [1.54, 1.807) is 29.9 Å². The van der Waals surface area contributed by atoms with E-state index < -0.39 is 10.0 Å². The Hall–Kier alpha value is -1.44. The van der Waals surface area contributed by atoms with E-state index in [-0.39, 0.29) is 0 Å². The summed E-state index contributed by atoms with van der Waals surface area (Å²) < 4.78 is 27.3. The molecule has 7 heteroatoms. The van der Waals surface area contributed by atoms with Crippen LogP contribution in [0, 0.1) is 6.92 Å². The van der Waals surface area contributed by atoms with Crippen LogP contribution in [-0.4, -0.2) is 19.9 Å². The molecule has 0 bridgehead atoms. The minimum absolute atomic E-state index is 0.303. The number of aromatic nitrogens is 1. The van der Waals surface area contributed by atoms with E-state index in [9.17, 15) is 8.42 Å². The lowest BCUT2D eigenvalue weighted by Crippen LogP contribution is -2.14. The van der Waals surface area contributed by atoms with E-state index in [1.165, 1.54) is 11.3 Å². The van der Waals surface area contributed by atoms with Crippen LogP contribution in [0.15, 0.2) is 34.8 Å². The van der Waals surface area contributed by atoms with Crippen molar-refractivity contribution in [2.75, 3.05) is 11.3 Å². The molecule has 0 atom stereocenters. The van der Waals surface area contributed by atoms with Gasteiger partial charge in [0.05, 0.1) is 10.6 Å². The Labute approximate surface area is 129 Å². The number of thiophene rings is 1. The van der Waals surface area contributed by atoms with Crippen LogP contribution in [0.3, 0.4) is 0 Å². The molecule has 0 unspecified atom stereocenters. The van der Waals surface area contributed by atoms with Crippen LogP contribution in [0.2, 0.25) is 0 Å². The summed E-state index contributed by atoms with van der Waals surface area (Å²) in [4.78, 5) is 5.26. The van der Waals surface area contributed by atoms with Crippen molar-refractivity contribution in [3.63, 3.8) is 0 Å². The zero-order chi connectivity index (χ0) is 15.3. The molecule has 21 heavy (non-hydrogen) atoms. The maximum atomic E-state index is 12.4. The monoisotopic (exact) mass is 325 g/mol. The van der Waals surface area contributed by atoms with Crippen LogP contribution in [0.1, 0.15) is 23.8 Å². The van der Waals surface area contributed by atoms with Gasteiger partial charge in [-0.1, -0.05) is 6.92 Å². The fraction of sp³-hybridized carbons (Fsp3) is 0.357. The van der Waals surface area contributed by atoms with E-state index in [0.29, 0.717) is 17.1 Å². The minimum atomic E-state index is -3.54. The number of aryl methyl sites for hydroxylation is 1. The zero-order valence-corrected chi connectivity index (χ0v) is 13.7. The Bertz CT molecular complexity index is 696. The van der Waals surface area contributed by atoms with Crippen molar-refractivity contribution in [1.29, 1.82) is 0 Å². The van der Waals surface area contributed by atoms with E-state index in [1.807, 2.05) is 6.92 Å². The molecule has 2 N–H and O–H groups in total. The number of pyridine rings is 1. The molecule has 2 aromatic rings. The number of sulfonamides is 1. The molecule has 114 valence electrons. The Balaban J connectivity index is 2.11. The lowest BCUT2D eigenvalue weighted by molar-refractivity contribution is 0.601. The smallest absolute Gasteiger partial charge is 0.262 e. The van der Waals surface area contributed by atoms with Gasteiger partial charge >= 0.3 is 0 Å². The van der Waals surface area contributed by atoms with Gasteiger partial charge in [0.1, 0.15) is 0 Å². The Morgan fingerprint density at radius 2 is 2.19 bits per heavy atom. The van der Waals surface area contributed by atoms with Gasteiger partial charge in [0.15, 0.2) is 0 Å². The van der Waals surface area contributed by atoms with Crippen molar-refractivity contribution >= 4 is 27.0 Å². The average Bonchev–Trinajstić information content (AvgIpc) is 2.91. The SMILES string of the molecule is CCCNCc1cc(S(=O)(=O)Nc2ccncc2C)cs1. The Morgan fingerprint density at radius 1 is 1.38 bits per heavy atom. The van der Waals surface area contributed by atoms with Crippen molar-refractivity contribution in [3.8, 4) is 0 Å². The van der Waals surface area contributed by atoms with Gasteiger partial charge in [0.25, 0.3) is 10.0 Å². The number of nitrogens with zero attached hydrogens (tertiary/aromatic N) is 1. The van der Waals surface area contributed by atoms with E-state index >= 15 is 0 Å². The second kappa shape index (κ2) is 7.02. The predicted molar refractivity (Wildman–Crippen MR) is 86.1 cm³/mol. The molecular formula is C14H19N3O2S2. The van der Waals surface area contributed by atoms with E-state index in [2.05, 4.69) is 21.9 Å². The van der Waals surface area contributed by atoms with Crippen molar-refractivity contribution < 1.29 is 8.42 Å². The quantitative estimate of drug-likeness (QED) is 0.768. The van der Waals surface area contributed by atoms with Gasteiger partial charge in [0, 0.05) is 29.2 Å². The molecule has 2 heterocycles. The third-order valence-electron chi connectivity index (χ3n) is 2.93. The number of nitrogens with one attached hydrogen (secondary N) is 2. The summed E-state index contributed by atoms with van der Waals surface area (Å²) in [6.07, 6.45) is 4.25. The molecular weight excluding hydrogens is 306 g/mol. The summed E-state index contributed by atoms with van der Waals surface area (Å²) in [5.41, 5.74) is 1.35. The summed E-state index contributed by atoms with van der Waals surface area (Å²) in [6, 6.07) is 3.37. The second-order valence-electron chi connectivity index (χ2n) is 4.72. The van der Waals surface area contributed by atoms with Gasteiger partial charge in [-0.2, -0.15) is 0 Å². The number of hydrogen-bond acceptors (Lipinski definition) is 5. The van der Waals surface area contributed by atoms with Crippen LogP contribution in [0.4, 0.5) is 5.69 Å². The molecule has 0 saturated heterocycles. The average molecular weight is 325 g/mol. The molecule has 0 spiro atoms. The normalized spacial score (nSPS) is 11.5. The Morgan fingerprint density at radius 3 is 2.90 bits per heavy atom. The highest BCUT2D eigenvalue weighted by Gasteiger charge is 2.17. The molecule has 2 rings (SSSR count). The summed E-state index contributed by atoms with van der Waals surface area (Å²) in [5.74, 6) is 0. The van der Waals surface area contributed by atoms with Crippen LogP contribution < -0.4 is 10.0 Å². The first-order valence-electron chi connectivity index (χ1n) is 6.74. The summed E-state index contributed by atoms with van der Waals surface area (Å²) in [5, 5.41) is 4.93. The fourth-order valence-electron chi connectivity index (χ4n) is 1.77. The van der Waals surface area contributed by atoms with Crippen LogP contribution in [0.5, 0.6) is 0 Å². The summed E-state index contributed by atoms with van der Waals surface area (Å²) in [7, 11) is -3.54. The minimum Gasteiger partial charge on any atom is -0.312 e. The number of hydrogen-bond donors (Lipinski definition) is 2. The lowest BCUT2D eigenvalue weighted by Gasteiger charge is -2.08. The molecule has 0 aliphatic heterocycles. The van der Waals surface area contributed by atoms with E-state index in [0.717, 1.165) is 23.4 Å². The largest absolute Gasteiger partial charge is 0.312 e. The van der Waals surface area contributed by atoms with Crippen molar-refractivity contribution in [1.82, 2.24) is 10.3 Å². The highest BCUT2D eigenvalue weighted by atomic mass is 32.2. The van der Waals surface area contributed by atoms with E-state index in [4.69, 9.17) is 0 Å². The standard InChI is InChI=1S/C14H19N3O2S2/c1-3-5-15-9-12-7-13(10-20-12)21(18,19)17-14-4-6-16-8-11(14)2/h4,6-8,10,15H,3,5,9H2,1-2H3,(H,16,17). The van der Waals surface area contributed by atoms with Crippen molar-refractivity contribution in [2.24, 2.45) is 0 Å². The highest BCUT2D eigenvalue weighted by Crippen LogP contribution is 2.23. The lowest BCUT2D eigenvalue weighted by atomic mass is 10.3. The van der Waals surface area contributed by atoms with Gasteiger partial charge in [-0.25, -0.2) is 8.42 Å². The number of anilines is 1. The topological polar surface area (TPSA) is 71.1 Å². The summed E-state index contributed by atoms with van der Waals surface area (Å²) in [6.45, 7) is 5.54. The Kier molecular flexibility index (Phi) is 5.33. The molecule has 0 aliphatic carbocycles. The summed E-state index contributed by atoms with van der Waals surface area (Å²) >= 11 is 1.45. The maximum Gasteiger partial charge on any atom is 0.262 e. The molecule has 0 aromatic carbocycles. The van der Waals surface area contributed by atoms with Crippen LogP contribution >= 0.6 is 11.3 Å². The third kappa shape index (κ3) is 4.26. The van der Waals surface area contributed by atoms with Crippen LogP contribution in [-0.2, 0) is 16.6 Å². The van der Waals surface area contributed by atoms with Crippen LogP contribution in [0.25, 0.3) is 0 Å². The van der Waals surface area contributed by atoms with Crippen molar-refractivity contribution in [2.45, 2.75) is 31.7 Å². The molecule has 5 nitrogen and oxygen atoms in total. The number of rotatable bonds is 7. The van der Waals surface area contributed by atoms with Gasteiger partial charge < -0.3 is 5.32 Å². The molecule has 0 saturated carbocycles. The fourth-order valence-corrected chi connectivity index (χ4v) is 4.15. The first-order chi connectivity index (χ1) is 10.0. The van der Waals surface area contributed by atoms with Crippen molar-refractivity contribution in [3.05, 3.63) is 40.3 Å². The maximum absolute atomic E-state index is 12.4. The first kappa shape index (κ1) is 15.9. The van der Waals surface area contributed by atoms with Gasteiger partial charge in [0.2, 0.25) is 0 Å². The molecule has 0 fully saturated rings. The second-order valence-corrected chi connectivity index (χ2v) is 7.40. The van der Waals surface area contributed by atoms with Gasteiger partial charge in [-0.05, 0) is 37.6 Å². The molecule has 0 amide bonds. The molecule has 0 aliphatic rings. The third-order valence-corrected chi connectivity index (χ3v) is 5.36. The predicted octanol–water partition coefficient (Wildman–Crippen LogP) is 2.75. The molecule has 0 radical (unpaired) electrons. The highest BCUT2D eigenvalue weighted by molar-refractivity contribution is 7.92.